The first-order chi connectivity index (χ1) is 10.2. The van der Waals surface area contributed by atoms with Crippen LogP contribution in [0.25, 0.3) is 0 Å². The summed E-state index contributed by atoms with van der Waals surface area (Å²) in [5, 5.41) is 13.0. The Labute approximate surface area is 139 Å². The molecule has 0 saturated heterocycles. The highest BCUT2D eigenvalue weighted by Crippen LogP contribution is 2.17. The molecule has 0 aromatic carbocycles. The third-order valence-electron chi connectivity index (χ3n) is 3.15. The van der Waals surface area contributed by atoms with Crippen LogP contribution in [0.1, 0.15) is 68.2 Å². The summed E-state index contributed by atoms with van der Waals surface area (Å²) in [4.78, 5) is 23.8. The number of amides is 1. The molecule has 0 saturated carbocycles. The van der Waals surface area contributed by atoms with E-state index in [1.54, 1.807) is 41.5 Å². The van der Waals surface area contributed by atoms with Crippen LogP contribution in [0.4, 0.5) is 4.79 Å². The van der Waals surface area contributed by atoms with Crippen molar-refractivity contribution in [3.8, 4) is 0 Å². The van der Waals surface area contributed by atoms with Gasteiger partial charge in [0.05, 0.1) is 18.6 Å². The van der Waals surface area contributed by atoms with Crippen LogP contribution in [0, 0.1) is 5.92 Å². The Balaban J connectivity index is 4.83. The number of nitrogens with one attached hydrogen (secondary N) is 1. The van der Waals surface area contributed by atoms with Gasteiger partial charge in [-0.1, -0.05) is 20.3 Å². The smallest absolute Gasteiger partial charge is 0.407 e. The van der Waals surface area contributed by atoms with Crippen LogP contribution in [-0.2, 0) is 14.3 Å². The van der Waals surface area contributed by atoms with E-state index in [2.05, 4.69) is 5.32 Å². The van der Waals surface area contributed by atoms with Gasteiger partial charge in [-0.15, -0.1) is 0 Å². The van der Waals surface area contributed by atoms with E-state index in [-0.39, 0.29) is 12.3 Å². The Morgan fingerprint density at radius 1 is 1.04 bits per heavy atom. The minimum atomic E-state index is -1.03. The first-order valence-electron chi connectivity index (χ1n) is 8.14. The minimum absolute atomic E-state index is 0.0139. The molecule has 0 unspecified atom stereocenters. The predicted octanol–water partition coefficient (Wildman–Crippen LogP) is 3.02. The number of rotatable bonds is 6. The van der Waals surface area contributed by atoms with Crippen LogP contribution in [0.3, 0.4) is 0 Å². The number of hydrogen-bond acceptors (Lipinski definition) is 5. The van der Waals surface area contributed by atoms with Gasteiger partial charge in [0.15, 0.2) is 0 Å². The van der Waals surface area contributed by atoms with Gasteiger partial charge in [0.2, 0.25) is 0 Å². The highest BCUT2D eigenvalue weighted by molar-refractivity contribution is 5.71. The van der Waals surface area contributed by atoms with Crippen LogP contribution >= 0.6 is 0 Å². The van der Waals surface area contributed by atoms with E-state index in [4.69, 9.17) is 9.47 Å². The monoisotopic (exact) mass is 331 g/mol. The number of hydrogen-bond donors (Lipinski definition) is 2. The van der Waals surface area contributed by atoms with Crippen molar-refractivity contribution in [3.05, 3.63) is 0 Å². The van der Waals surface area contributed by atoms with Gasteiger partial charge in [-0.3, -0.25) is 4.79 Å². The molecule has 136 valence electrons. The second-order valence-electron chi connectivity index (χ2n) is 7.92. The van der Waals surface area contributed by atoms with Crippen LogP contribution in [0.15, 0.2) is 0 Å². The summed E-state index contributed by atoms with van der Waals surface area (Å²) in [6, 6.07) is -0.581. The number of esters is 1. The molecule has 0 fully saturated rings. The van der Waals surface area contributed by atoms with E-state index in [0.29, 0.717) is 0 Å². The Morgan fingerprint density at radius 2 is 1.52 bits per heavy atom. The molecule has 0 heterocycles. The van der Waals surface area contributed by atoms with Crippen LogP contribution in [0.5, 0.6) is 0 Å². The molecule has 0 aliphatic carbocycles. The SMILES string of the molecule is CC[C@H](C)[C@H](NC(=O)OC(C)(C)C)[C@H](O)CC(=O)OC(C)(C)C. The lowest BCUT2D eigenvalue weighted by Crippen LogP contribution is -2.49. The predicted molar refractivity (Wildman–Crippen MR) is 89.1 cm³/mol. The quantitative estimate of drug-likeness (QED) is 0.731. The Bertz CT molecular complexity index is 395. The Kier molecular flexibility index (Phi) is 8.04. The summed E-state index contributed by atoms with van der Waals surface area (Å²) in [6.45, 7) is 14.5. The lowest BCUT2D eigenvalue weighted by atomic mass is 9.93. The van der Waals surface area contributed by atoms with E-state index >= 15 is 0 Å². The highest BCUT2D eigenvalue weighted by Gasteiger charge is 2.31. The molecule has 6 heteroatoms. The second-order valence-corrected chi connectivity index (χ2v) is 7.92. The molecule has 0 aliphatic heterocycles. The van der Waals surface area contributed by atoms with Crippen molar-refractivity contribution in [2.24, 2.45) is 5.92 Å². The third kappa shape index (κ3) is 10.2. The molecule has 0 aromatic heterocycles. The Hall–Kier alpha value is -1.30. The summed E-state index contributed by atoms with van der Waals surface area (Å²) in [5.41, 5.74) is -1.23. The van der Waals surface area contributed by atoms with E-state index in [1.165, 1.54) is 0 Å². The second kappa shape index (κ2) is 8.52. The number of carbonyl (C=O) groups excluding carboxylic acids is 2. The van der Waals surface area contributed by atoms with Crippen LogP contribution in [0.2, 0.25) is 0 Å². The fourth-order valence-corrected chi connectivity index (χ4v) is 2.00. The van der Waals surface area contributed by atoms with E-state index in [0.717, 1.165) is 6.42 Å². The van der Waals surface area contributed by atoms with Crippen LogP contribution in [-0.4, -0.2) is 40.5 Å². The summed E-state index contributed by atoms with van der Waals surface area (Å²) < 4.78 is 10.4. The van der Waals surface area contributed by atoms with Gasteiger partial charge in [0.1, 0.15) is 11.2 Å². The van der Waals surface area contributed by atoms with Crippen molar-refractivity contribution in [2.75, 3.05) is 0 Å². The molecule has 2 N–H and O–H groups in total. The van der Waals surface area contributed by atoms with Crippen molar-refractivity contribution in [1.29, 1.82) is 0 Å². The fourth-order valence-electron chi connectivity index (χ4n) is 2.00. The average molecular weight is 331 g/mol. The van der Waals surface area contributed by atoms with Gasteiger partial charge in [0.25, 0.3) is 0 Å². The molecular weight excluding hydrogens is 298 g/mol. The van der Waals surface area contributed by atoms with Crippen molar-refractivity contribution >= 4 is 12.1 Å². The summed E-state index contributed by atoms with van der Waals surface area (Å²) in [5.74, 6) is -0.510. The number of ether oxygens (including phenoxy) is 2. The molecule has 0 aromatic rings. The maximum Gasteiger partial charge on any atom is 0.407 e. The minimum Gasteiger partial charge on any atom is -0.460 e. The topological polar surface area (TPSA) is 84.9 Å². The maximum absolute atomic E-state index is 11.9. The first kappa shape index (κ1) is 21.7. The van der Waals surface area contributed by atoms with Crippen molar-refractivity contribution in [2.45, 2.75) is 91.6 Å². The van der Waals surface area contributed by atoms with Gasteiger partial charge in [-0.2, -0.15) is 0 Å². The van der Waals surface area contributed by atoms with Crippen molar-refractivity contribution in [1.82, 2.24) is 5.32 Å². The van der Waals surface area contributed by atoms with E-state index in [9.17, 15) is 14.7 Å². The van der Waals surface area contributed by atoms with E-state index < -0.39 is 35.4 Å². The van der Waals surface area contributed by atoms with Gasteiger partial charge < -0.3 is 19.9 Å². The van der Waals surface area contributed by atoms with Gasteiger partial charge in [-0.05, 0) is 47.5 Å². The molecular formula is C17H33NO5. The standard InChI is InChI=1S/C17H33NO5/c1-9-11(2)14(18-15(21)23-17(6,7)8)12(19)10-13(20)22-16(3,4)5/h11-12,14,19H,9-10H2,1-8H3,(H,18,21)/t11-,12+,14-/m0/s1. The lowest BCUT2D eigenvalue weighted by Gasteiger charge is -2.30. The van der Waals surface area contributed by atoms with Crippen molar-refractivity contribution in [3.63, 3.8) is 0 Å². The molecule has 6 nitrogen and oxygen atoms in total. The zero-order valence-corrected chi connectivity index (χ0v) is 15.7. The molecule has 23 heavy (non-hydrogen) atoms. The lowest BCUT2D eigenvalue weighted by molar-refractivity contribution is -0.157. The molecule has 0 spiro atoms. The molecule has 0 bridgehead atoms. The maximum atomic E-state index is 11.9. The summed E-state index contributed by atoms with van der Waals surface area (Å²) >= 11 is 0. The largest absolute Gasteiger partial charge is 0.460 e. The third-order valence-corrected chi connectivity index (χ3v) is 3.15. The number of aliphatic hydroxyl groups excluding tert-OH is 1. The molecule has 0 aliphatic rings. The average Bonchev–Trinajstić information content (AvgIpc) is 2.30. The normalized spacial score (nSPS) is 16.2. The Morgan fingerprint density at radius 3 is 1.91 bits per heavy atom. The van der Waals surface area contributed by atoms with Crippen LogP contribution < -0.4 is 5.32 Å². The molecule has 1 amide bonds. The fraction of sp³-hybridized carbons (Fsp3) is 0.882. The number of carbonyl (C=O) groups is 2. The zero-order chi connectivity index (χ0) is 18.4. The highest BCUT2D eigenvalue weighted by atomic mass is 16.6. The molecule has 0 radical (unpaired) electrons. The summed E-state index contributed by atoms with van der Waals surface area (Å²) in [7, 11) is 0. The number of alkyl carbamates (subject to hydrolysis) is 1. The number of aliphatic hydroxyl groups is 1. The molecule has 0 rings (SSSR count). The molecule has 3 atom stereocenters. The van der Waals surface area contributed by atoms with E-state index in [1.807, 2.05) is 13.8 Å². The first-order valence-corrected chi connectivity index (χ1v) is 8.14. The van der Waals surface area contributed by atoms with Gasteiger partial charge >= 0.3 is 12.1 Å². The zero-order valence-electron chi connectivity index (χ0n) is 15.7. The van der Waals surface area contributed by atoms with Gasteiger partial charge in [-0.25, -0.2) is 4.79 Å². The van der Waals surface area contributed by atoms with Gasteiger partial charge in [0, 0.05) is 0 Å². The summed E-state index contributed by atoms with van der Waals surface area (Å²) in [6.07, 6.45) is -1.08. The van der Waals surface area contributed by atoms with Crippen molar-refractivity contribution < 1.29 is 24.2 Å².